The van der Waals surface area contributed by atoms with Gasteiger partial charge in [-0.15, -0.1) is 6.42 Å². The summed E-state index contributed by atoms with van der Waals surface area (Å²) in [6.45, 7) is 8.20. The van der Waals surface area contributed by atoms with Crippen LogP contribution in [0.15, 0.2) is 35.3 Å². The Balaban J connectivity index is 1.66. The van der Waals surface area contributed by atoms with Gasteiger partial charge in [0.2, 0.25) is 5.95 Å². The lowest BCUT2D eigenvalue weighted by Crippen LogP contribution is -2.49. The van der Waals surface area contributed by atoms with Crippen molar-refractivity contribution in [2.75, 3.05) is 29.9 Å². The Morgan fingerprint density at radius 3 is 2.84 bits per heavy atom. The lowest BCUT2D eigenvalue weighted by atomic mass is 10.2. The van der Waals surface area contributed by atoms with Crippen LogP contribution in [0, 0.1) is 18.2 Å². The third kappa shape index (κ3) is 4.09. The van der Waals surface area contributed by atoms with Crippen LogP contribution < -0.4 is 21.1 Å². The smallest absolute Gasteiger partial charge is 0.268 e. The number of piperazine rings is 1. The quantitative estimate of drug-likeness (QED) is 0.632. The van der Waals surface area contributed by atoms with Crippen molar-refractivity contribution in [1.29, 1.82) is 0 Å². The number of aromatic nitrogens is 3. The van der Waals surface area contributed by atoms with Gasteiger partial charge in [-0.05, 0) is 45.0 Å². The number of nitrogens with one attached hydrogen (secondary N) is 2. The molecule has 3 heterocycles. The van der Waals surface area contributed by atoms with E-state index in [2.05, 4.69) is 33.4 Å². The van der Waals surface area contributed by atoms with Crippen molar-refractivity contribution in [1.82, 2.24) is 19.9 Å². The highest BCUT2D eigenvalue weighted by molar-refractivity contribution is 5.77. The zero-order valence-corrected chi connectivity index (χ0v) is 17.8. The van der Waals surface area contributed by atoms with Gasteiger partial charge in [0, 0.05) is 49.0 Å². The molecule has 1 atom stereocenters. The first-order chi connectivity index (χ1) is 14.9. The van der Waals surface area contributed by atoms with Gasteiger partial charge < -0.3 is 15.5 Å². The Labute approximate surface area is 180 Å². The van der Waals surface area contributed by atoms with Crippen LogP contribution >= 0.6 is 0 Å². The van der Waals surface area contributed by atoms with E-state index in [1.807, 2.05) is 18.7 Å². The molecule has 4 rings (SSSR count). The van der Waals surface area contributed by atoms with Crippen molar-refractivity contribution in [3.63, 3.8) is 0 Å². The zero-order valence-electron chi connectivity index (χ0n) is 17.8. The molecule has 0 aliphatic carbocycles. The van der Waals surface area contributed by atoms with Gasteiger partial charge in [0.15, 0.2) is 0 Å². The number of pyridine rings is 1. The number of fused-ring (bicyclic) bond motifs is 1. The van der Waals surface area contributed by atoms with Crippen LogP contribution in [0.1, 0.15) is 32.4 Å². The van der Waals surface area contributed by atoms with Gasteiger partial charge in [0.1, 0.15) is 11.5 Å². The number of nitrogens with zero attached hydrogens (tertiary/aromatic N) is 4. The maximum Gasteiger partial charge on any atom is 0.268 e. The maximum atomic E-state index is 14.8. The van der Waals surface area contributed by atoms with E-state index in [0.717, 1.165) is 19.6 Å². The maximum absolute atomic E-state index is 14.8. The average molecular weight is 420 g/mol. The molecule has 2 N–H and O–H groups in total. The van der Waals surface area contributed by atoms with Gasteiger partial charge in [-0.2, -0.15) is 4.98 Å². The molecule has 0 saturated carbocycles. The molecule has 0 radical (unpaired) electrons. The Morgan fingerprint density at radius 1 is 1.35 bits per heavy atom. The molecule has 0 spiro atoms. The minimum atomic E-state index is -0.308. The average Bonchev–Trinajstić information content (AvgIpc) is 2.73. The van der Waals surface area contributed by atoms with E-state index in [0.29, 0.717) is 28.5 Å². The summed E-state index contributed by atoms with van der Waals surface area (Å²) in [5.41, 5.74) is 1.58. The highest BCUT2D eigenvalue weighted by Gasteiger charge is 2.19. The molecule has 160 valence electrons. The van der Waals surface area contributed by atoms with Crippen LogP contribution in [0.25, 0.3) is 11.0 Å². The van der Waals surface area contributed by atoms with Gasteiger partial charge in [0.25, 0.3) is 5.56 Å². The van der Waals surface area contributed by atoms with Crippen molar-refractivity contribution in [2.45, 2.75) is 32.9 Å². The monoisotopic (exact) mass is 420 g/mol. The molecule has 1 aromatic carbocycles. The van der Waals surface area contributed by atoms with Crippen molar-refractivity contribution in [3.8, 4) is 12.3 Å². The molecule has 1 saturated heterocycles. The number of terminal acetylenes is 1. The van der Waals surface area contributed by atoms with Crippen LogP contribution in [0.4, 0.5) is 21.7 Å². The van der Waals surface area contributed by atoms with E-state index in [4.69, 9.17) is 6.42 Å². The molecule has 3 aromatic rings. The van der Waals surface area contributed by atoms with E-state index in [1.54, 1.807) is 29.0 Å². The van der Waals surface area contributed by atoms with Crippen LogP contribution in [0.2, 0.25) is 0 Å². The highest BCUT2D eigenvalue weighted by atomic mass is 19.1. The van der Waals surface area contributed by atoms with Crippen LogP contribution in [-0.4, -0.2) is 40.2 Å². The molecule has 7 nitrogen and oxygen atoms in total. The third-order valence-corrected chi connectivity index (χ3v) is 5.36. The van der Waals surface area contributed by atoms with Gasteiger partial charge in [0.05, 0.1) is 11.3 Å². The van der Waals surface area contributed by atoms with Crippen LogP contribution in [-0.2, 0) is 0 Å². The first kappa shape index (κ1) is 20.8. The van der Waals surface area contributed by atoms with Crippen molar-refractivity contribution >= 4 is 28.4 Å². The third-order valence-electron chi connectivity index (χ3n) is 5.36. The van der Waals surface area contributed by atoms with E-state index in [1.165, 1.54) is 6.07 Å². The number of hydrogen-bond donors (Lipinski definition) is 2. The molecule has 1 unspecified atom stereocenters. The fraction of sp³-hybridized carbons (Fsp3) is 0.348. The molecular formula is C23H25FN6O. The molecule has 1 aliphatic rings. The van der Waals surface area contributed by atoms with Gasteiger partial charge in [-0.25, -0.2) is 9.37 Å². The SMILES string of the molecule is C#Cc1cc2cnc(Nc3ccc(N4CCNC(C)C4)c(F)c3)nc2n(C(C)C)c1=O. The summed E-state index contributed by atoms with van der Waals surface area (Å²) < 4.78 is 16.4. The summed E-state index contributed by atoms with van der Waals surface area (Å²) in [4.78, 5) is 23.5. The number of rotatable bonds is 4. The molecule has 31 heavy (non-hydrogen) atoms. The molecule has 0 amide bonds. The largest absolute Gasteiger partial charge is 0.366 e. The van der Waals surface area contributed by atoms with Gasteiger partial charge in [-0.3, -0.25) is 9.36 Å². The summed E-state index contributed by atoms with van der Waals surface area (Å²) in [7, 11) is 0. The second kappa shape index (κ2) is 8.36. The first-order valence-corrected chi connectivity index (χ1v) is 10.3. The van der Waals surface area contributed by atoms with Gasteiger partial charge in [-0.1, -0.05) is 5.92 Å². The minimum Gasteiger partial charge on any atom is -0.366 e. The topological polar surface area (TPSA) is 75.1 Å². The standard InChI is InChI=1S/C23H25FN6O/c1-5-16-10-17-12-26-23(28-21(17)30(14(2)3)22(16)31)27-18-6-7-20(19(24)11-18)29-9-8-25-15(4)13-29/h1,6-7,10-12,14-15,25H,8-9,13H2,2-4H3,(H,26,27,28). The van der Waals surface area contributed by atoms with Crippen molar-refractivity contribution in [2.24, 2.45) is 0 Å². The number of benzene rings is 1. The second-order valence-corrected chi connectivity index (χ2v) is 8.04. The van der Waals surface area contributed by atoms with E-state index < -0.39 is 0 Å². The molecule has 0 bridgehead atoms. The normalized spacial score (nSPS) is 16.5. The summed E-state index contributed by atoms with van der Waals surface area (Å²) >= 11 is 0. The zero-order chi connectivity index (χ0) is 22.1. The Morgan fingerprint density at radius 2 is 2.16 bits per heavy atom. The Bertz CT molecular complexity index is 1230. The van der Waals surface area contributed by atoms with Crippen molar-refractivity contribution < 1.29 is 4.39 Å². The predicted octanol–water partition coefficient (Wildman–Crippen LogP) is 3.03. The summed E-state index contributed by atoms with van der Waals surface area (Å²) in [6, 6.07) is 6.79. The predicted molar refractivity (Wildman–Crippen MR) is 121 cm³/mol. The molecule has 8 heteroatoms. The van der Waals surface area contributed by atoms with E-state index in [9.17, 15) is 9.18 Å². The number of hydrogen-bond acceptors (Lipinski definition) is 6. The van der Waals surface area contributed by atoms with E-state index >= 15 is 0 Å². The lowest BCUT2D eigenvalue weighted by molar-refractivity contribution is 0.478. The Hall–Kier alpha value is -3.44. The molecular weight excluding hydrogens is 395 g/mol. The second-order valence-electron chi connectivity index (χ2n) is 8.04. The summed E-state index contributed by atoms with van der Waals surface area (Å²) in [5, 5.41) is 7.06. The summed E-state index contributed by atoms with van der Waals surface area (Å²) in [6.07, 6.45) is 7.08. The molecule has 1 fully saturated rings. The lowest BCUT2D eigenvalue weighted by Gasteiger charge is -2.33. The fourth-order valence-corrected chi connectivity index (χ4v) is 3.88. The van der Waals surface area contributed by atoms with Gasteiger partial charge >= 0.3 is 0 Å². The van der Waals surface area contributed by atoms with Crippen LogP contribution in [0.3, 0.4) is 0 Å². The first-order valence-electron chi connectivity index (χ1n) is 10.3. The Kier molecular flexibility index (Phi) is 5.61. The summed E-state index contributed by atoms with van der Waals surface area (Å²) in [5.74, 6) is 2.39. The number of anilines is 3. The van der Waals surface area contributed by atoms with Crippen molar-refractivity contribution in [3.05, 3.63) is 52.2 Å². The molecule has 2 aromatic heterocycles. The fourth-order valence-electron chi connectivity index (χ4n) is 3.88. The van der Waals surface area contributed by atoms with E-state index in [-0.39, 0.29) is 28.9 Å². The molecule has 1 aliphatic heterocycles. The minimum absolute atomic E-state index is 0.135. The van der Waals surface area contributed by atoms with Crippen LogP contribution in [0.5, 0.6) is 0 Å². The highest BCUT2D eigenvalue weighted by Crippen LogP contribution is 2.26. The number of halogens is 1.